The summed E-state index contributed by atoms with van der Waals surface area (Å²) in [7, 11) is 1.80. The molecular formula is C12H10FIN2O. The molecule has 3 nitrogen and oxygen atoms in total. The fourth-order valence-electron chi connectivity index (χ4n) is 1.56. The highest BCUT2D eigenvalue weighted by Crippen LogP contribution is 2.16. The van der Waals surface area contributed by atoms with Crippen LogP contribution in [0.3, 0.4) is 0 Å². The lowest BCUT2D eigenvalue weighted by Crippen LogP contribution is -2.05. The van der Waals surface area contributed by atoms with E-state index in [1.165, 1.54) is 18.2 Å². The Bertz CT molecular complexity index is 565. The van der Waals surface area contributed by atoms with Crippen LogP contribution in [0.4, 0.5) is 4.39 Å². The summed E-state index contributed by atoms with van der Waals surface area (Å²) in [5.41, 5.74) is 1.41. The van der Waals surface area contributed by atoms with E-state index < -0.39 is 0 Å². The van der Waals surface area contributed by atoms with Crippen molar-refractivity contribution in [1.82, 2.24) is 9.78 Å². The van der Waals surface area contributed by atoms with Crippen molar-refractivity contribution in [1.29, 1.82) is 0 Å². The van der Waals surface area contributed by atoms with Crippen LogP contribution >= 0.6 is 22.6 Å². The second kappa shape index (κ2) is 4.95. The van der Waals surface area contributed by atoms with Gasteiger partial charge in [-0.25, -0.2) is 4.39 Å². The fraction of sp³-hybridized carbons (Fsp3) is 0.167. The molecule has 0 unspecified atom stereocenters. The maximum atomic E-state index is 12.9. The predicted octanol–water partition coefficient (Wildman–Crippen LogP) is 2.59. The minimum absolute atomic E-state index is 0.0256. The summed E-state index contributed by atoms with van der Waals surface area (Å²) in [6.45, 7) is 0. The zero-order chi connectivity index (χ0) is 12.4. The second-order valence-electron chi connectivity index (χ2n) is 3.75. The van der Waals surface area contributed by atoms with Gasteiger partial charge in [-0.05, 0) is 46.4 Å². The Labute approximate surface area is 112 Å². The number of aromatic nitrogens is 2. The summed E-state index contributed by atoms with van der Waals surface area (Å²) in [5.74, 6) is -0.352. The minimum atomic E-state index is -0.327. The van der Waals surface area contributed by atoms with Gasteiger partial charge in [0, 0.05) is 28.8 Å². The van der Waals surface area contributed by atoms with E-state index in [0.717, 1.165) is 5.56 Å². The van der Waals surface area contributed by atoms with Gasteiger partial charge in [-0.15, -0.1) is 0 Å². The highest BCUT2D eigenvalue weighted by molar-refractivity contribution is 14.1. The first-order valence-electron chi connectivity index (χ1n) is 5.02. The normalized spacial score (nSPS) is 10.5. The number of hydrogen-bond acceptors (Lipinski definition) is 2. The number of hydrogen-bond donors (Lipinski definition) is 0. The van der Waals surface area contributed by atoms with Crippen molar-refractivity contribution in [2.45, 2.75) is 6.42 Å². The SMILES string of the molecule is Cn1cc(CC(=O)c2ccc(F)cc2I)cn1. The van der Waals surface area contributed by atoms with E-state index in [-0.39, 0.29) is 18.0 Å². The molecule has 0 saturated heterocycles. The largest absolute Gasteiger partial charge is 0.294 e. The van der Waals surface area contributed by atoms with Crippen molar-refractivity contribution in [2.24, 2.45) is 7.05 Å². The topological polar surface area (TPSA) is 34.9 Å². The molecule has 5 heteroatoms. The molecular weight excluding hydrogens is 334 g/mol. The monoisotopic (exact) mass is 344 g/mol. The van der Waals surface area contributed by atoms with E-state index in [2.05, 4.69) is 5.10 Å². The summed E-state index contributed by atoms with van der Waals surface area (Å²) < 4.78 is 15.2. The van der Waals surface area contributed by atoms with E-state index in [9.17, 15) is 9.18 Å². The molecule has 0 aliphatic heterocycles. The Hall–Kier alpha value is -1.24. The molecule has 0 fully saturated rings. The van der Waals surface area contributed by atoms with Gasteiger partial charge in [0.2, 0.25) is 0 Å². The molecule has 0 atom stereocenters. The standard InChI is InChI=1S/C12H10FIN2O/c1-16-7-8(6-15-16)4-12(17)10-3-2-9(13)5-11(10)14/h2-3,5-7H,4H2,1H3. The number of carbonyl (C=O) groups excluding carboxylic acids is 1. The third-order valence-electron chi connectivity index (χ3n) is 2.35. The van der Waals surface area contributed by atoms with Crippen LogP contribution < -0.4 is 0 Å². The maximum Gasteiger partial charge on any atom is 0.168 e. The highest BCUT2D eigenvalue weighted by atomic mass is 127. The lowest BCUT2D eigenvalue weighted by molar-refractivity contribution is 0.0992. The Morgan fingerprint density at radius 3 is 2.88 bits per heavy atom. The van der Waals surface area contributed by atoms with Gasteiger partial charge >= 0.3 is 0 Å². The molecule has 0 aliphatic carbocycles. The smallest absolute Gasteiger partial charge is 0.168 e. The van der Waals surface area contributed by atoms with Crippen LogP contribution in [0.5, 0.6) is 0 Å². The number of carbonyl (C=O) groups is 1. The van der Waals surface area contributed by atoms with Gasteiger partial charge in [0.25, 0.3) is 0 Å². The van der Waals surface area contributed by atoms with Gasteiger partial charge in [-0.2, -0.15) is 5.10 Å². The average Bonchev–Trinajstić information content (AvgIpc) is 2.63. The van der Waals surface area contributed by atoms with E-state index in [0.29, 0.717) is 9.13 Å². The molecule has 0 aliphatic rings. The summed E-state index contributed by atoms with van der Waals surface area (Å²) in [5, 5.41) is 4.00. The Morgan fingerprint density at radius 1 is 1.53 bits per heavy atom. The van der Waals surface area contributed by atoms with Crippen LogP contribution in [0, 0.1) is 9.39 Å². The molecule has 1 heterocycles. The Kier molecular flexibility index (Phi) is 3.56. The third-order valence-corrected chi connectivity index (χ3v) is 3.25. The number of rotatable bonds is 3. The summed E-state index contributed by atoms with van der Waals surface area (Å²) in [6.07, 6.45) is 3.75. The average molecular weight is 344 g/mol. The number of benzene rings is 1. The first kappa shape index (κ1) is 12.2. The number of ketones is 1. The van der Waals surface area contributed by atoms with Crippen LogP contribution in [0.15, 0.2) is 30.6 Å². The van der Waals surface area contributed by atoms with Crippen LogP contribution in [0.1, 0.15) is 15.9 Å². The summed E-state index contributed by atoms with van der Waals surface area (Å²) in [6, 6.07) is 4.19. The Morgan fingerprint density at radius 2 is 2.29 bits per heavy atom. The maximum absolute atomic E-state index is 12.9. The van der Waals surface area contributed by atoms with Gasteiger partial charge in [0.05, 0.1) is 6.20 Å². The third kappa shape index (κ3) is 2.91. The number of halogens is 2. The van der Waals surface area contributed by atoms with Crippen LogP contribution in [0.2, 0.25) is 0 Å². The van der Waals surface area contributed by atoms with Crippen molar-refractivity contribution < 1.29 is 9.18 Å². The molecule has 1 aromatic heterocycles. The van der Waals surface area contributed by atoms with Gasteiger partial charge in [0.15, 0.2) is 5.78 Å². The quantitative estimate of drug-likeness (QED) is 0.634. The first-order chi connectivity index (χ1) is 8.06. The molecule has 88 valence electrons. The van der Waals surface area contributed by atoms with E-state index in [1.807, 2.05) is 22.6 Å². The van der Waals surface area contributed by atoms with Crippen molar-refractivity contribution in [2.75, 3.05) is 0 Å². The van der Waals surface area contributed by atoms with Gasteiger partial charge in [-0.3, -0.25) is 9.48 Å². The molecule has 0 bridgehead atoms. The molecule has 0 amide bonds. The van der Waals surface area contributed by atoms with Gasteiger partial charge in [0.1, 0.15) is 5.82 Å². The van der Waals surface area contributed by atoms with E-state index >= 15 is 0 Å². The lowest BCUT2D eigenvalue weighted by Gasteiger charge is -2.02. The van der Waals surface area contributed by atoms with Crippen molar-refractivity contribution in [3.8, 4) is 0 Å². The molecule has 1 aromatic carbocycles. The molecule has 2 aromatic rings. The van der Waals surface area contributed by atoms with Crippen molar-refractivity contribution in [3.63, 3.8) is 0 Å². The first-order valence-corrected chi connectivity index (χ1v) is 6.10. The van der Waals surface area contributed by atoms with Gasteiger partial charge < -0.3 is 0 Å². The molecule has 17 heavy (non-hydrogen) atoms. The van der Waals surface area contributed by atoms with E-state index in [1.54, 1.807) is 24.1 Å². The summed E-state index contributed by atoms with van der Waals surface area (Å²) >= 11 is 1.97. The minimum Gasteiger partial charge on any atom is -0.294 e. The molecule has 2 rings (SSSR count). The second-order valence-corrected chi connectivity index (χ2v) is 4.91. The number of nitrogens with zero attached hydrogens (tertiary/aromatic N) is 2. The fourth-order valence-corrected chi connectivity index (χ4v) is 2.34. The van der Waals surface area contributed by atoms with Crippen molar-refractivity contribution >= 4 is 28.4 Å². The van der Waals surface area contributed by atoms with E-state index in [4.69, 9.17) is 0 Å². The van der Waals surface area contributed by atoms with Crippen molar-refractivity contribution in [3.05, 3.63) is 51.1 Å². The van der Waals surface area contributed by atoms with Crippen LogP contribution in [0.25, 0.3) is 0 Å². The summed E-state index contributed by atoms with van der Waals surface area (Å²) in [4.78, 5) is 12.0. The van der Waals surface area contributed by atoms with Crippen LogP contribution in [-0.4, -0.2) is 15.6 Å². The van der Waals surface area contributed by atoms with Crippen LogP contribution in [-0.2, 0) is 13.5 Å². The predicted molar refractivity (Wildman–Crippen MR) is 70.4 cm³/mol. The highest BCUT2D eigenvalue weighted by Gasteiger charge is 2.12. The number of aryl methyl sites for hydroxylation is 1. The van der Waals surface area contributed by atoms with Gasteiger partial charge in [-0.1, -0.05) is 0 Å². The number of Topliss-reactive ketones (excluding diaryl/α,β-unsaturated/α-hetero) is 1. The molecule has 0 N–H and O–H groups in total. The zero-order valence-electron chi connectivity index (χ0n) is 9.15. The Balaban J connectivity index is 2.20. The zero-order valence-corrected chi connectivity index (χ0v) is 11.3. The molecule has 0 saturated carbocycles. The molecule has 0 spiro atoms. The lowest BCUT2D eigenvalue weighted by atomic mass is 10.1. The molecule has 0 radical (unpaired) electrons.